The molecule has 1 aliphatic rings. The van der Waals surface area contributed by atoms with Gasteiger partial charge in [0, 0.05) is 6.42 Å². The topological polar surface area (TPSA) is 24.7 Å². The zero-order chi connectivity index (χ0) is 16.6. The molecule has 0 bridgehead atoms. The zero-order valence-corrected chi connectivity index (χ0v) is 13.7. The predicted octanol–water partition coefficient (Wildman–Crippen LogP) is 5.59. The Morgan fingerprint density at radius 1 is 0.480 bits per heavy atom. The molecule has 5 rings (SSSR count). The highest BCUT2D eigenvalue weighted by molar-refractivity contribution is 6.21. The second kappa shape index (κ2) is 5.67. The largest absolute Gasteiger partial charge is 0.154 e. The Hall–Kier alpha value is -3.26. The molecular weight excluding hydrogens is 304 g/mol. The van der Waals surface area contributed by atoms with Crippen LogP contribution in [0.5, 0.6) is 0 Å². The van der Waals surface area contributed by atoms with Gasteiger partial charge in [0.2, 0.25) is 0 Å². The number of benzene rings is 4. The van der Waals surface area contributed by atoms with Crippen molar-refractivity contribution in [3.8, 4) is 0 Å². The van der Waals surface area contributed by atoms with Crippen molar-refractivity contribution >= 4 is 33.0 Å². The van der Waals surface area contributed by atoms with Gasteiger partial charge in [-0.15, -0.1) is 0 Å². The minimum Gasteiger partial charge on any atom is -0.154 e. The molecule has 0 N–H and O–H groups in total. The number of hydrogen-bond donors (Lipinski definition) is 0. The highest BCUT2D eigenvalue weighted by Crippen LogP contribution is 2.23. The Morgan fingerprint density at radius 3 is 1.40 bits per heavy atom. The van der Waals surface area contributed by atoms with Crippen LogP contribution in [0.2, 0.25) is 0 Å². The van der Waals surface area contributed by atoms with Crippen LogP contribution in [-0.2, 0) is 0 Å². The Morgan fingerprint density at radius 2 is 0.920 bits per heavy atom. The molecule has 1 heterocycles. The lowest BCUT2D eigenvalue weighted by Crippen LogP contribution is -2.05. The molecule has 0 saturated heterocycles. The minimum atomic E-state index is 0.774. The van der Waals surface area contributed by atoms with Gasteiger partial charge < -0.3 is 0 Å². The standard InChI is InChI=1S/C23H16N2/c1-3-7-18-13-20(11-9-16(18)5-1)22-15-23(25-24-22)21-12-10-17-6-2-4-8-19(17)14-21/h1-14H,15H2. The van der Waals surface area contributed by atoms with E-state index in [9.17, 15) is 0 Å². The van der Waals surface area contributed by atoms with Crippen molar-refractivity contribution in [2.24, 2.45) is 10.2 Å². The molecule has 0 aromatic heterocycles. The number of nitrogens with zero attached hydrogens (tertiary/aromatic N) is 2. The van der Waals surface area contributed by atoms with Gasteiger partial charge in [-0.05, 0) is 44.8 Å². The van der Waals surface area contributed by atoms with Gasteiger partial charge in [0.15, 0.2) is 0 Å². The molecule has 4 aromatic carbocycles. The van der Waals surface area contributed by atoms with E-state index in [2.05, 4.69) is 95.1 Å². The smallest absolute Gasteiger partial charge is 0.0763 e. The summed E-state index contributed by atoms with van der Waals surface area (Å²) in [5.74, 6) is 0. The maximum absolute atomic E-state index is 4.46. The van der Waals surface area contributed by atoms with E-state index >= 15 is 0 Å². The summed E-state index contributed by atoms with van der Waals surface area (Å²) in [6.07, 6.45) is 0.774. The lowest BCUT2D eigenvalue weighted by molar-refractivity contribution is 1.27. The SMILES string of the molecule is c1ccc2cc(C3=NN=C(c4ccc5ccccc5c4)C3)ccc2c1. The second-order valence-corrected chi connectivity index (χ2v) is 6.39. The van der Waals surface area contributed by atoms with E-state index in [1.165, 1.54) is 21.5 Å². The molecular formula is C23H16N2. The van der Waals surface area contributed by atoms with Gasteiger partial charge in [-0.25, -0.2) is 0 Å². The molecule has 2 heteroatoms. The van der Waals surface area contributed by atoms with E-state index in [0.717, 1.165) is 29.0 Å². The van der Waals surface area contributed by atoms with E-state index in [0.29, 0.717) is 0 Å². The quantitative estimate of drug-likeness (QED) is 0.460. The van der Waals surface area contributed by atoms with E-state index in [1.807, 2.05) is 0 Å². The summed E-state index contributed by atoms with van der Waals surface area (Å²) in [6.45, 7) is 0. The summed E-state index contributed by atoms with van der Waals surface area (Å²) in [5, 5.41) is 13.9. The Bertz CT molecular complexity index is 1080. The fourth-order valence-electron chi connectivity index (χ4n) is 3.41. The van der Waals surface area contributed by atoms with E-state index in [-0.39, 0.29) is 0 Å². The Balaban J connectivity index is 1.45. The van der Waals surface area contributed by atoms with Crippen molar-refractivity contribution < 1.29 is 0 Å². The third-order valence-corrected chi connectivity index (χ3v) is 4.79. The lowest BCUT2D eigenvalue weighted by atomic mass is 9.97. The zero-order valence-electron chi connectivity index (χ0n) is 13.7. The van der Waals surface area contributed by atoms with Gasteiger partial charge >= 0.3 is 0 Å². The summed E-state index contributed by atoms with van der Waals surface area (Å²) in [5.41, 5.74) is 4.37. The normalized spacial score (nSPS) is 13.9. The third-order valence-electron chi connectivity index (χ3n) is 4.79. The van der Waals surface area contributed by atoms with Crippen LogP contribution in [0.3, 0.4) is 0 Å². The molecule has 0 unspecified atom stereocenters. The first-order chi connectivity index (χ1) is 12.4. The molecule has 0 saturated carbocycles. The van der Waals surface area contributed by atoms with Crippen molar-refractivity contribution in [1.82, 2.24) is 0 Å². The average Bonchev–Trinajstić information content (AvgIpc) is 3.17. The predicted molar refractivity (Wildman–Crippen MR) is 106 cm³/mol. The minimum absolute atomic E-state index is 0.774. The van der Waals surface area contributed by atoms with Crippen LogP contribution in [0, 0.1) is 0 Å². The van der Waals surface area contributed by atoms with Crippen LogP contribution in [0.15, 0.2) is 95.1 Å². The highest BCUT2D eigenvalue weighted by atomic mass is 15.2. The monoisotopic (exact) mass is 320 g/mol. The molecule has 0 aliphatic carbocycles. The van der Waals surface area contributed by atoms with Gasteiger partial charge in [0.05, 0.1) is 11.4 Å². The number of rotatable bonds is 2. The molecule has 1 aliphatic heterocycles. The average molecular weight is 320 g/mol. The molecule has 25 heavy (non-hydrogen) atoms. The fraction of sp³-hybridized carbons (Fsp3) is 0.0435. The molecule has 0 spiro atoms. The number of hydrogen-bond acceptors (Lipinski definition) is 2. The van der Waals surface area contributed by atoms with Gasteiger partial charge in [-0.2, -0.15) is 10.2 Å². The first kappa shape index (κ1) is 14.1. The first-order valence-electron chi connectivity index (χ1n) is 8.49. The Labute approximate surface area is 146 Å². The summed E-state index contributed by atoms with van der Waals surface area (Å²) in [4.78, 5) is 0. The molecule has 118 valence electrons. The van der Waals surface area contributed by atoms with E-state index < -0.39 is 0 Å². The van der Waals surface area contributed by atoms with Crippen LogP contribution in [-0.4, -0.2) is 11.4 Å². The summed E-state index contributed by atoms with van der Waals surface area (Å²) < 4.78 is 0. The molecule has 0 amide bonds. The van der Waals surface area contributed by atoms with Crippen molar-refractivity contribution in [1.29, 1.82) is 0 Å². The van der Waals surface area contributed by atoms with Gasteiger partial charge in [0.1, 0.15) is 0 Å². The van der Waals surface area contributed by atoms with Gasteiger partial charge in [-0.1, -0.05) is 72.8 Å². The third kappa shape index (κ3) is 2.52. The number of fused-ring (bicyclic) bond motifs is 2. The van der Waals surface area contributed by atoms with Gasteiger partial charge in [0.25, 0.3) is 0 Å². The van der Waals surface area contributed by atoms with Crippen LogP contribution in [0.25, 0.3) is 21.5 Å². The summed E-state index contributed by atoms with van der Waals surface area (Å²) in [6, 6.07) is 29.8. The highest BCUT2D eigenvalue weighted by Gasteiger charge is 2.16. The second-order valence-electron chi connectivity index (χ2n) is 6.39. The summed E-state index contributed by atoms with van der Waals surface area (Å²) >= 11 is 0. The van der Waals surface area contributed by atoms with Crippen LogP contribution < -0.4 is 0 Å². The first-order valence-corrected chi connectivity index (χ1v) is 8.49. The van der Waals surface area contributed by atoms with E-state index in [1.54, 1.807) is 0 Å². The Kier molecular flexibility index (Phi) is 3.20. The molecule has 0 atom stereocenters. The molecule has 4 aromatic rings. The van der Waals surface area contributed by atoms with Crippen molar-refractivity contribution in [2.45, 2.75) is 6.42 Å². The van der Waals surface area contributed by atoms with E-state index in [4.69, 9.17) is 0 Å². The van der Waals surface area contributed by atoms with Crippen molar-refractivity contribution in [2.75, 3.05) is 0 Å². The molecule has 0 radical (unpaired) electrons. The van der Waals surface area contributed by atoms with Crippen molar-refractivity contribution in [3.63, 3.8) is 0 Å². The van der Waals surface area contributed by atoms with Gasteiger partial charge in [-0.3, -0.25) is 0 Å². The van der Waals surface area contributed by atoms with Crippen LogP contribution in [0.4, 0.5) is 0 Å². The summed E-state index contributed by atoms with van der Waals surface area (Å²) in [7, 11) is 0. The fourth-order valence-corrected chi connectivity index (χ4v) is 3.41. The van der Waals surface area contributed by atoms with Crippen LogP contribution in [0.1, 0.15) is 17.5 Å². The van der Waals surface area contributed by atoms with Crippen molar-refractivity contribution in [3.05, 3.63) is 96.1 Å². The maximum Gasteiger partial charge on any atom is 0.0763 e. The lowest BCUT2D eigenvalue weighted by Gasteiger charge is -2.05. The van der Waals surface area contributed by atoms with Crippen LogP contribution >= 0.6 is 0 Å². The molecule has 0 fully saturated rings. The maximum atomic E-state index is 4.46. The molecule has 2 nitrogen and oxygen atoms in total.